The van der Waals surface area contributed by atoms with Crippen LogP contribution in [0.5, 0.6) is 23.0 Å². The summed E-state index contributed by atoms with van der Waals surface area (Å²) in [5.74, 6) is -0.303. The number of ether oxygens (including phenoxy) is 4. The first kappa shape index (κ1) is 24.2. The summed E-state index contributed by atoms with van der Waals surface area (Å²) >= 11 is 12.3. The Morgan fingerprint density at radius 2 is 1.45 bits per heavy atom. The Labute approximate surface area is 189 Å². The van der Waals surface area contributed by atoms with Crippen LogP contribution < -0.4 is 24.3 Å². The van der Waals surface area contributed by atoms with E-state index in [0.29, 0.717) is 5.75 Å². The first-order valence-corrected chi connectivity index (χ1v) is 9.57. The van der Waals surface area contributed by atoms with E-state index in [0.717, 1.165) is 0 Å². The molecule has 0 aliphatic carbocycles. The lowest BCUT2D eigenvalue weighted by molar-refractivity contribution is -0.126. The van der Waals surface area contributed by atoms with Gasteiger partial charge in [-0.1, -0.05) is 23.2 Å². The molecule has 2 aromatic carbocycles. The summed E-state index contributed by atoms with van der Waals surface area (Å²) in [6, 6.07) is 4.73. The van der Waals surface area contributed by atoms with Gasteiger partial charge in [0.15, 0.2) is 23.0 Å². The minimum atomic E-state index is -1.49. The molecule has 1 amide bonds. The molecule has 0 heterocycles. The highest BCUT2D eigenvalue weighted by molar-refractivity contribution is 6.33. The first-order valence-electron chi connectivity index (χ1n) is 8.82. The third-order valence-corrected chi connectivity index (χ3v) is 4.72. The molecular weight excluding hydrogens is 449 g/mol. The van der Waals surface area contributed by atoms with Gasteiger partial charge in [0.2, 0.25) is 6.04 Å². The van der Waals surface area contributed by atoms with E-state index in [-0.39, 0.29) is 38.7 Å². The van der Waals surface area contributed by atoms with Crippen molar-refractivity contribution >= 4 is 46.3 Å². The molecule has 0 radical (unpaired) electrons. The molecule has 0 spiro atoms. The quantitative estimate of drug-likeness (QED) is 0.420. The van der Waals surface area contributed by atoms with Crippen molar-refractivity contribution in [3.63, 3.8) is 0 Å². The zero-order valence-electron chi connectivity index (χ0n) is 17.5. The highest BCUT2D eigenvalue weighted by Gasteiger charge is 2.27. The second-order valence-electron chi connectivity index (χ2n) is 6.01. The standard InChI is InChI=1S/C20H21Cl2N3O6/c1-10(26)15(24-25-16-11(21)6-9-14(29-3)19(16)31-5)20(27)23-17-13(28-2)8-7-12(22)18(17)30-4/h6-9,15H,1-5H3,(H,23,27). The number of nitrogens with one attached hydrogen (secondary N) is 1. The van der Waals surface area contributed by atoms with Crippen LogP contribution >= 0.6 is 23.2 Å². The number of rotatable bonds is 9. The largest absolute Gasteiger partial charge is 0.494 e. The maximum Gasteiger partial charge on any atom is 0.259 e. The Balaban J connectivity index is 2.43. The number of anilines is 1. The van der Waals surface area contributed by atoms with Gasteiger partial charge in [0, 0.05) is 0 Å². The van der Waals surface area contributed by atoms with Gasteiger partial charge in [-0.05, 0) is 31.2 Å². The van der Waals surface area contributed by atoms with Crippen LogP contribution in [-0.2, 0) is 9.59 Å². The fourth-order valence-corrected chi connectivity index (χ4v) is 3.05. The Morgan fingerprint density at radius 1 is 0.871 bits per heavy atom. The lowest BCUT2D eigenvalue weighted by Crippen LogP contribution is -2.32. The van der Waals surface area contributed by atoms with Gasteiger partial charge < -0.3 is 24.3 Å². The van der Waals surface area contributed by atoms with Crippen molar-refractivity contribution in [2.75, 3.05) is 33.8 Å². The zero-order valence-corrected chi connectivity index (χ0v) is 19.0. The lowest BCUT2D eigenvalue weighted by Gasteiger charge is -2.16. The smallest absolute Gasteiger partial charge is 0.259 e. The number of hydrogen-bond acceptors (Lipinski definition) is 8. The van der Waals surface area contributed by atoms with Crippen molar-refractivity contribution in [1.82, 2.24) is 0 Å². The van der Waals surface area contributed by atoms with E-state index in [2.05, 4.69) is 15.5 Å². The van der Waals surface area contributed by atoms with E-state index in [1.165, 1.54) is 41.4 Å². The first-order chi connectivity index (χ1) is 14.8. The van der Waals surface area contributed by atoms with Crippen LogP contribution in [0.1, 0.15) is 6.92 Å². The molecule has 0 aliphatic heterocycles. The number of benzene rings is 2. The van der Waals surface area contributed by atoms with E-state index in [1.807, 2.05) is 0 Å². The molecule has 0 aromatic heterocycles. The van der Waals surface area contributed by atoms with Crippen LogP contribution in [0.2, 0.25) is 10.0 Å². The molecule has 0 bridgehead atoms. The van der Waals surface area contributed by atoms with Gasteiger partial charge in [-0.3, -0.25) is 9.59 Å². The maximum atomic E-state index is 12.9. The molecule has 1 N–H and O–H groups in total. The van der Waals surface area contributed by atoms with Gasteiger partial charge in [0.1, 0.15) is 17.1 Å². The fourth-order valence-electron chi connectivity index (χ4n) is 2.63. The second kappa shape index (κ2) is 10.8. The van der Waals surface area contributed by atoms with Crippen molar-refractivity contribution in [3.05, 3.63) is 34.3 Å². The monoisotopic (exact) mass is 469 g/mol. The van der Waals surface area contributed by atoms with Crippen LogP contribution in [0.25, 0.3) is 0 Å². The SMILES string of the molecule is COc1ccc(Cl)c(OC)c1NC(=O)C(N=Nc1c(Cl)ccc(OC)c1OC)C(C)=O. The van der Waals surface area contributed by atoms with Crippen molar-refractivity contribution in [2.24, 2.45) is 10.2 Å². The third kappa shape index (κ3) is 5.36. The summed E-state index contributed by atoms with van der Waals surface area (Å²) in [4.78, 5) is 25.0. The Kier molecular flexibility index (Phi) is 8.47. The number of azo groups is 1. The molecule has 1 atom stereocenters. The van der Waals surface area contributed by atoms with E-state index in [4.69, 9.17) is 42.1 Å². The van der Waals surface area contributed by atoms with E-state index >= 15 is 0 Å². The molecule has 0 saturated heterocycles. The van der Waals surface area contributed by atoms with Crippen molar-refractivity contribution < 1.29 is 28.5 Å². The summed E-state index contributed by atoms with van der Waals surface area (Å²) in [7, 11) is 5.65. The van der Waals surface area contributed by atoms with Gasteiger partial charge in [-0.2, -0.15) is 5.11 Å². The fraction of sp³-hybridized carbons (Fsp3) is 0.300. The summed E-state index contributed by atoms with van der Waals surface area (Å²) in [5.41, 5.74) is 0.265. The summed E-state index contributed by atoms with van der Waals surface area (Å²) in [5, 5.41) is 10.9. The zero-order chi connectivity index (χ0) is 23.1. The van der Waals surface area contributed by atoms with Crippen molar-refractivity contribution in [1.29, 1.82) is 0 Å². The van der Waals surface area contributed by atoms with Crippen LogP contribution in [0.4, 0.5) is 11.4 Å². The van der Waals surface area contributed by atoms with Crippen molar-refractivity contribution in [2.45, 2.75) is 13.0 Å². The summed E-state index contributed by atoms with van der Waals surface area (Å²) < 4.78 is 21.0. The van der Waals surface area contributed by atoms with E-state index in [9.17, 15) is 9.59 Å². The van der Waals surface area contributed by atoms with E-state index < -0.39 is 17.7 Å². The minimum absolute atomic E-state index is 0.112. The van der Waals surface area contributed by atoms with Gasteiger partial charge in [0.05, 0.1) is 38.5 Å². The Morgan fingerprint density at radius 3 is 2.00 bits per heavy atom. The number of nitrogens with zero attached hydrogens (tertiary/aromatic N) is 2. The summed E-state index contributed by atoms with van der Waals surface area (Å²) in [6.07, 6.45) is 0. The average Bonchev–Trinajstić information content (AvgIpc) is 2.74. The molecule has 166 valence electrons. The average molecular weight is 470 g/mol. The van der Waals surface area contributed by atoms with Crippen LogP contribution in [-0.4, -0.2) is 46.2 Å². The Bertz CT molecular complexity index is 1010. The molecule has 0 fully saturated rings. The normalized spacial score (nSPS) is 11.7. The molecular formula is C20H21Cl2N3O6. The van der Waals surface area contributed by atoms with E-state index in [1.54, 1.807) is 18.2 Å². The third-order valence-electron chi connectivity index (χ3n) is 4.12. The highest BCUT2D eigenvalue weighted by atomic mass is 35.5. The van der Waals surface area contributed by atoms with Crippen molar-refractivity contribution in [3.8, 4) is 23.0 Å². The molecule has 31 heavy (non-hydrogen) atoms. The lowest BCUT2D eigenvalue weighted by atomic mass is 10.2. The molecule has 0 saturated carbocycles. The number of ketones is 1. The maximum absolute atomic E-state index is 12.9. The minimum Gasteiger partial charge on any atom is -0.494 e. The Hall–Kier alpha value is -3.04. The molecule has 1 unspecified atom stereocenters. The second-order valence-corrected chi connectivity index (χ2v) is 6.82. The number of amides is 1. The predicted octanol–water partition coefficient (Wildman–Crippen LogP) is 4.71. The van der Waals surface area contributed by atoms with Gasteiger partial charge in [0.25, 0.3) is 5.91 Å². The van der Waals surface area contributed by atoms with Crippen LogP contribution in [0.15, 0.2) is 34.5 Å². The predicted molar refractivity (Wildman–Crippen MR) is 117 cm³/mol. The molecule has 2 aromatic rings. The number of carbonyl (C=O) groups is 2. The number of hydrogen-bond donors (Lipinski definition) is 1. The molecule has 0 aliphatic rings. The molecule has 9 nitrogen and oxygen atoms in total. The number of halogens is 2. The van der Waals surface area contributed by atoms with Gasteiger partial charge in [-0.25, -0.2) is 0 Å². The van der Waals surface area contributed by atoms with Gasteiger partial charge in [-0.15, -0.1) is 5.11 Å². The topological polar surface area (TPSA) is 108 Å². The van der Waals surface area contributed by atoms with Gasteiger partial charge >= 0.3 is 0 Å². The molecule has 2 rings (SSSR count). The number of methoxy groups -OCH3 is 4. The number of carbonyl (C=O) groups excluding carboxylic acids is 2. The van der Waals surface area contributed by atoms with Crippen LogP contribution in [0, 0.1) is 0 Å². The molecule has 11 heteroatoms. The van der Waals surface area contributed by atoms with Crippen LogP contribution in [0.3, 0.4) is 0 Å². The highest BCUT2D eigenvalue weighted by Crippen LogP contribution is 2.43. The summed E-state index contributed by atoms with van der Waals surface area (Å²) in [6.45, 7) is 1.21. The number of Topliss-reactive ketones (excluding diaryl/α,β-unsaturated/α-hetero) is 1.